The Morgan fingerprint density at radius 2 is 1.38 bits per heavy atom. The third-order valence-corrected chi connectivity index (χ3v) is 6.92. The maximum Gasteiger partial charge on any atom is 0.251 e. The van der Waals surface area contributed by atoms with E-state index in [-0.39, 0.29) is 12.5 Å². The molecule has 2 N–H and O–H groups in total. The molecule has 0 aliphatic carbocycles. The van der Waals surface area contributed by atoms with Gasteiger partial charge < -0.3 is 5.32 Å². The standard InChI is InChI=1S/C23H32N2O3S/c1-5-6-7-18-12-14-21(15-13-18)22(26)24-16-19-8-10-20(11-9-19)17-25-29(27,28)23(2,3)4/h8-15,25H,5-7,16-17H2,1-4H3,(H,24,26). The number of carbonyl (C=O) groups excluding carboxylic acids is 1. The van der Waals surface area contributed by atoms with Crippen molar-refractivity contribution in [2.45, 2.75) is 64.8 Å². The molecule has 0 aliphatic rings. The fourth-order valence-electron chi connectivity index (χ4n) is 2.66. The van der Waals surface area contributed by atoms with Crippen LogP contribution in [0.1, 0.15) is 67.6 Å². The monoisotopic (exact) mass is 416 g/mol. The summed E-state index contributed by atoms with van der Waals surface area (Å²) < 4.78 is 26.0. The molecule has 2 rings (SSSR count). The van der Waals surface area contributed by atoms with Gasteiger partial charge in [0.15, 0.2) is 0 Å². The molecule has 29 heavy (non-hydrogen) atoms. The maximum absolute atomic E-state index is 12.3. The second-order valence-electron chi connectivity index (χ2n) is 8.24. The van der Waals surface area contributed by atoms with E-state index >= 15 is 0 Å². The van der Waals surface area contributed by atoms with E-state index in [2.05, 4.69) is 17.0 Å². The van der Waals surface area contributed by atoms with Gasteiger partial charge in [-0.05, 0) is 62.4 Å². The first-order chi connectivity index (χ1) is 13.6. The van der Waals surface area contributed by atoms with Crippen LogP contribution in [0.4, 0.5) is 0 Å². The van der Waals surface area contributed by atoms with Crippen molar-refractivity contribution in [3.8, 4) is 0 Å². The lowest BCUT2D eigenvalue weighted by Gasteiger charge is -2.19. The number of rotatable bonds is 9. The van der Waals surface area contributed by atoms with E-state index in [1.807, 2.05) is 48.5 Å². The third-order valence-electron chi connectivity index (χ3n) is 4.78. The highest BCUT2D eigenvalue weighted by molar-refractivity contribution is 7.90. The minimum absolute atomic E-state index is 0.103. The SMILES string of the molecule is CCCCc1ccc(C(=O)NCc2ccc(CNS(=O)(=O)C(C)(C)C)cc2)cc1. The van der Waals surface area contributed by atoms with Gasteiger partial charge in [-0.25, -0.2) is 13.1 Å². The van der Waals surface area contributed by atoms with Gasteiger partial charge in [0.2, 0.25) is 10.0 Å². The van der Waals surface area contributed by atoms with Crippen LogP contribution in [0, 0.1) is 0 Å². The molecule has 2 aromatic carbocycles. The number of carbonyl (C=O) groups is 1. The molecule has 0 saturated heterocycles. The fraction of sp³-hybridized carbons (Fsp3) is 0.435. The number of hydrogen-bond acceptors (Lipinski definition) is 3. The summed E-state index contributed by atoms with van der Waals surface area (Å²) in [6.07, 6.45) is 3.35. The van der Waals surface area contributed by atoms with Crippen LogP contribution >= 0.6 is 0 Å². The van der Waals surface area contributed by atoms with Crippen molar-refractivity contribution in [1.29, 1.82) is 0 Å². The average molecular weight is 417 g/mol. The van der Waals surface area contributed by atoms with E-state index in [1.54, 1.807) is 20.8 Å². The first kappa shape index (κ1) is 23.1. The Balaban J connectivity index is 1.86. The Kier molecular flexibility index (Phi) is 7.99. The third kappa shape index (κ3) is 6.98. The molecule has 1 amide bonds. The van der Waals surface area contributed by atoms with Crippen LogP contribution in [-0.4, -0.2) is 19.1 Å². The number of hydrogen-bond donors (Lipinski definition) is 2. The second-order valence-corrected chi connectivity index (χ2v) is 10.8. The summed E-state index contributed by atoms with van der Waals surface area (Å²) >= 11 is 0. The maximum atomic E-state index is 12.3. The van der Waals surface area contributed by atoms with Crippen LogP contribution in [0.5, 0.6) is 0 Å². The van der Waals surface area contributed by atoms with Crippen LogP contribution in [0.3, 0.4) is 0 Å². The zero-order valence-electron chi connectivity index (χ0n) is 17.8. The summed E-state index contributed by atoms with van der Waals surface area (Å²) in [5.41, 5.74) is 3.73. The first-order valence-electron chi connectivity index (χ1n) is 10.1. The van der Waals surface area contributed by atoms with E-state index in [4.69, 9.17) is 0 Å². The summed E-state index contributed by atoms with van der Waals surface area (Å²) in [5.74, 6) is -0.103. The molecule has 0 bridgehead atoms. The van der Waals surface area contributed by atoms with E-state index in [1.165, 1.54) is 5.56 Å². The highest BCUT2D eigenvalue weighted by Crippen LogP contribution is 2.14. The second kappa shape index (κ2) is 10.0. The topological polar surface area (TPSA) is 75.3 Å². The van der Waals surface area contributed by atoms with Crippen LogP contribution < -0.4 is 10.0 Å². The quantitative estimate of drug-likeness (QED) is 0.644. The minimum Gasteiger partial charge on any atom is -0.348 e. The minimum atomic E-state index is -3.37. The summed E-state index contributed by atoms with van der Waals surface area (Å²) in [6, 6.07) is 15.3. The molecule has 5 nitrogen and oxygen atoms in total. The van der Waals surface area contributed by atoms with Crippen molar-refractivity contribution in [3.05, 3.63) is 70.8 Å². The van der Waals surface area contributed by atoms with Crippen molar-refractivity contribution in [2.75, 3.05) is 0 Å². The van der Waals surface area contributed by atoms with Crippen molar-refractivity contribution < 1.29 is 13.2 Å². The zero-order chi connectivity index (χ0) is 21.5. The highest BCUT2D eigenvalue weighted by atomic mass is 32.2. The summed E-state index contributed by atoms with van der Waals surface area (Å²) in [5, 5.41) is 2.92. The molecular weight excluding hydrogens is 384 g/mol. The molecule has 0 aliphatic heterocycles. The molecule has 0 radical (unpaired) electrons. The molecule has 0 aromatic heterocycles. The van der Waals surface area contributed by atoms with Crippen molar-refractivity contribution in [3.63, 3.8) is 0 Å². The van der Waals surface area contributed by atoms with Crippen LogP contribution in [-0.2, 0) is 29.5 Å². The summed E-state index contributed by atoms with van der Waals surface area (Å²) in [6.45, 7) is 7.83. The van der Waals surface area contributed by atoms with Crippen LogP contribution in [0.2, 0.25) is 0 Å². The molecule has 2 aromatic rings. The molecule has 158 valence electrons. The Labute approximate surface area is 175 Å². The van der Waals surface area contributed by atoms with Gasteiger partial charge in [-0.15, -0.1) is 0 Å². The van der Waals surface area contributed by atoms with E-state index in [0.29, 0.717) is 12.1 Å². The average Bonchev–Trinajstić information content (AvgIpc) is 2.69. The molecule has 0 atom stereocenters. The smallest absolute Gasteiger partial charge is 0.251 e. The normalized spacial score (nSPS) is 12.0. The number of amides is 1. The van der Waals surface area contributed by atoms with Gasteiger partial charge in [-0.3, -0.25) is 4.79 Å². The van der Waals surface area contributed by atoms with E-state index in [0.717, 1.165) is 30.4 Å². The lowest BCUT2D eigenvalue weighted by atomic mass is 10.1. The molecule has 0 spiro atoms. The summed E-state index contributed by atoms with van der Waals surface area (Å²) in [7, 11) is -3.37. The fourth-order valence-corrected chi connectivity index (χ4v) is 3.45. The number of sulfonamides is 1. The van der Waals surface area contributed by atoms with Gasteiger partial charge in [-0.1, -0.05) is 49.7 Å². The lowest BCUT2D eigenvalue weighted by molar-refractivity contribution is 0.0951. The Morgan fingerprint density at radius 3 is 1.90 bits per heavy atom. The van der Waals surface area contributed by atoms with E-state index in [9.17, 15) is 13.2 Å². The number of benzene rings is 2. The zero-order valence-corrected chi connectivity index (χ0v) is 18.6. The van der Waals surface area contributed by atoms with Gasteiger partial charge in [0.25, 0.3) is 5.91 Å². The Bertz CT molecular complexity index is 897. The lowest BCUT2D eigenvalue weighted by Crippen LogP contribution is -2.38. The summed E-state index contributed by atoms with van der Waals surface area (Å²) in [4.78, 5) is 12.3. The van der Waals surface area contributed by atoms with Crippen LogP contribution in [0.15, 0.2) is 48.5 Å². The Morgan fingerprint density at radius 1 is 0.862 bits per heavy atom. The van der Waals surface area contributed by atoms with Crippen molar-refractivity contribution >= 4 is 15.9 Å². The largest absolute Gasteiger partial charge is 0.348 e. The highest BCUT2D eigenvalue weighted by Gasteiger charge is 2.28. The van der Waals surface area contributed by atoms with Gasteiger partial charge in [-0.2, -0.15) is 0 Å². The predicted octanol–water partition coefficient (Wildman–Crippen LogP) is 4.18. The predicted molar refractivity (Wildman–Crippen MR) is 118 cm³/mol. The van der Waals surface area contributed by atoms with Crippen LogP contribution in [0.25, 0.3) is 0 Å². The van der Waals surface area contributed by atoms with E-state index < -0.39 is 14.8 Å². The molecule has 0 fully saturated rings. The number of nitrogens with one attached hydrogen (secondary N) is 2. The molecule has 6 heteroatoms. The van der Waals surface area contributed by atoms with Gasteiger partial charge in [0, 0.05) is 18.7 Å². The van der Waals surface area contributed by atoms with Gasteiger partial charge >= 0.3 is 0 Å². The molecule has 0 saturated carbocycles. The molecular formula is C23H32N2O3S. The molecule has 0 unspecified atom stereocenters. The van der Waals surface area contributed by atoms with Crippen molar-refractivity contribution in [1.82, 2.24) is 10.0 Å². The number of aryl methyl sites for hydroxylation is 1. The first-order valence-corrected chi connectivity index (χ1v) is 11.5. The van der Waals surface area contributed by atoms with Crippen molar-refractivity contribution in [2.24, 2.45) is 0 Å². The molecule has 0 heterocycles. The Hall–Kier alpha value is -2.18. The van der Waals surface area contributed by atoms with Gasteiger partial charge in [0.05, 0.1) is 4.75 Å². The number of unbranched alkanes of at least 4 members (excludes halogenated alkanes) is 1. The van der Waals surface area contributed by atoms with Gasteiger partial charge in [0.1, 0.15) is 0 Å².